The molecule has 1 aliphatic rings. The van der Waals surface area contributed by atoms with Crippen molar-refractivity contribution in [2.75, 3.05) is 5.32 Å². The Hall–Kier alpha value is -2.28. The average Bonchev–Trinajstić information content (AvgIpc) is 3.04. The number of aryl methyl sites for hydroxylation is 1. The summed E-state index contributed by atoms with van der Waals surface area (Å²) in [4.78, 5) is 28.9. The van der Waals surface area contributed by atoms with Gasteiger partial charge in [-0.25, -0.2) is 4.98 Å². The van der Waals surface area contributed by atoms with E-state index in [9.17, 15) is 14.9 Å². The molecule has 7 heteroatoms. The summed E-state index contributed by atoms with van der Waals surface area (Å²) in [6.45, 7) is 2.03. The molecular formula is C19H23N3O3S. The second-order valence-corrected chi connectivity index (χ2v) is 7.63. The summed E-state index contributed by atoms with van der Waals surface area (Å²) in [5, 5.41) is 15.5. The summed E-state index contributed by atoms with van der Waals surface area (Å²) in [5.41, 5.74) is 0.705. The Morgan fingerprint density at radius 1 is 1.31 bits per heavy atom. The van der Waals surface area contributed by atoms with Crippen LogP contribution in [-0.2, 0) is 6.42 Å². The van der Waals surface area contributed by atoms with Crippen LogP contribution >= 0.6 is 11.3 Å². The number of nitrogens with one attached hydrogen (secondary N) is 1. The topological polar surface area (TPSA) is 85.1 Å². The minimum absolute atomic E-state index is 0.128. The van der Waals surface area contributed by atoms with E-state index in [2.05, 4.69) is 10.3 Å². The summed E-state index contributed by atoms with van der Waals surface area (Å²) in [5.74, 6) is -0.310. The standard InChI is InChI=1S/C19H23N3O3S/c1-2-8-15-18(17(23)14-11-6-7-12-16(14)22(24)25)26-19(21-15)20-13-9-4-3-5-10-13/h6-7,11-13H,2-5,8-10H2,1H3,(H,20,21). The number of rotatable bonds is 7. The number of nitrogens with zero attached hydrogens (tertiary/aromatic N) is 2. The van der Waals surface area contributed by atoms with Gasteiger partial charge in [-0.05, 0) is 25.3 Å². The predicted octanol–water partition coefficient (Wildman–Crippen LogP) is 4.98. The monoisotopic (exact) mass is 373 g/mol. The van der Waals surface area contributed by atoms with Crippen LogP contribution in [0.1, 0.15) is 66.4 Å². The number of para-hydroxylation sites is 1. The van der Waals surface area contributed by atoms with Crippen LogP contribution in [0.25, 0.3) is 0 Å². The molecule has 1 aromatic heterocycles. The fourth-order valence-electron chi connectivity index (χ4n) is 3.37. The number of aromatic nitrogens is 1. The molecule has 0 aliphatic heterocycles. The summed E-state index contributed by atoms with van der Waals surface area (Å²) in [7, 11) is 0. The van der Waals surface area contributed by atoms with E-state index in [4.69, 9.17) is 0 Å². The first kappa shape index (κ1) is 18.5. The highest BCUT2D eigenvalue weighted by Crippen LogP contribution is 2.31. The Labute approximate surface area is 156 Å². The smallest absolute Gasteiger partial charge is 0.280 e. The first-order chi connectivity index (χ1) is 12.6. The Morgan fingerprint density at radius 3 is 2.73 bits per heavy atom. The second-order valence-electron chi connectivity index (χ2n) is 6.63. The van der Waals surface area contributed by atoms with Crippen molar-refractivity contribution in [2.45, 2.75) is 57.9 Å². The fraction of sp³-hybridized carbons (Fsp3) is 0.474. The molecular weight excluding hydrogens is 350 g/mol. The Bertz CT molecular complexity index is 797. The van der Waals surface area contributed by atoms with Gasteiger partial charge in [0.1, 0.15) is 10.4 Å². The van der Waals surface area contributed by atoms with E-state index < -0.39 is 4.92 Å². The van der Waals surface area contributed by atoms with Crippen molar-refractivity contribution in [2.24, 2.45) is 0 Å². The molecule has 0 unspecified atom stereocenters. The molecule has 1 heterocycles. The van der Waals surface area contributed by atoms with Crippen LogP contribution in [0.2, 0.25) is 0 Å². The lowest BCUT2D eigenvalue weighted by Crippen LogP contribution is -2.22. The molecule has 3 rings (SSSR count). The molecule has 0 radical (unpaired) electrons. The van der Waals surface area contributed by atoms with E-state index in [0.29, 0.717) is 17.3 Å². The number of benzene rings is 1. The molecule has 0 amide bonds. The number of carbonyl (C=O) groups excluding carboxylic acids is 1. The zero-order valence-corrected chi connectivity index (χ0v) is 15.7. The van der Waals surface area contributed by atoms with Gasteiger partial charge in [0, 0.05) is 12.1 Å². The van der Waals surface area contributed by atoms with Crippen LogP contribution in [0.3, 0.4) is 0 Å². The van der Waals surface area contributed by atoms with Crippen LogP contribution in [0.5, 0.6) is 0 Å². The molecule has 1 saturated carbocycles. The molecule has 0 saturated heterocycles. The van der Waals surface area contributed by atoms with Gasteiger partial charge in [-0.1, -0.05) is 56.1 Å². The van der Waals surface area contributed by atoms with Crippen LogP contribution in [0, 0.1) is 10.1 Å². The molecule has 0 spiro atoms. The number of anilines is 1. The largest absolute Gasteiger partial charge is 0.359 e. The lowest BCUT2D eigenvalue weighted by atomic mass is 9.96. The van der Waals surface area contributed by atoms with Crippen LogP contribution in [0.15, 0.2) is 24.3 Å². The number of carbonyl (C=O) groups is 1. The third-order valence-corrected chi connectivity index (χ3v) is 5.70. The Kier molecular flexibility index (Phi) is 5.98. The zero-order chi connectivity index (χ0) is 18.5. The van der Waals surface area contributed by atoms with Gasteiger partial charge in [0.05, 0.1) is 10.6 Å². The van der Waals surface area contributed by atoms with E-state index in [1.165, 1.54) is 42.7 Å². The molecule has 0 atom stereocenters. The van der Waals surface area contributed by atoms with Crippen molar-refractivity contribution >= 4 is 27.9 Å². The molecule has 2 aromatic rings. The lowest BCUT2D eigenvalue weighted by Gasteiger charge is -2.22. The number of nitro benzene ring substituents is 1. The Balaban J connectivity index is 1.90. The van der Waals surface area contributed by atoms with Gasteiger partial charge in [-0.15, -0.1) is 0 Å². The minimum atomic E-state index is -0.505. The zero-order valence-electron chi connectivity index (χ0n) is 14.9. The van der Waals surface area contributed by atoms with Crippen molar-refractivity contribution in [3.63, 3.8) is 0 Å². The van der Waals surface area contributed by atoms with Gasteiger partial charge in [-0.2, -0.15) is 0 Å². The van der Waals surface area contributed by atoms with Crippen molar-refractivity contribution in [3.05, 3.63) is 50.5 Å². The van der Waals surface area contributed by atoms with Crippen LogP contribution < -0.4 is 5.32 Å². The maximum atomic E-state index is 13.0. The van der Waals surface area contributed by atoms with Crippen molar-refractivity contribution in [3.8, 4) is 0 Å². The molecule has 1 aliphatic carbocycles. The minimum Gasteiger partial charge on any atom is -0.359 e. The van der Waals surface area contributed by atoms with E-state index in [1.54, 1.807) is 12.1 Å². The SMILES string of the molecule is CCCc1nc(NC2CCCCC2)sc1C(=O)c1ccccc1[N+](=O)[O-]. The summed E-state index contributed by atoms with van der Waals surface area (Å²) in [6, 6.07) is 6.52. The number of ketones is 1. The van der Waals surface area contributed by atoms with Gasteiger partial charge < -0.3 is 5.32 Å². The van der Waals surface area contributed by atoms with E-state index >= 15 is 0 Å². The third kappa shape index (κ3) is 4.09. The van der Waals surface area contributed by atoms with Gasteiger partial charge in [0.15, 0.2) is 5.13 Å². The average molecular weight is 373 g/mol. The van der Waals surface area contributed by atoms with Crippen molar-refractivity contribution in [1.82, 2.24) is 4.98 Å². The van der Waals surface area contributed by atoms with Gasteiger partial charge in [-0.3, -0.25) is 14.9 Å². The number of hydrogen-bond donors (Lipinski definition) is 1. The van der Waals surface area contributed by atoms with Crippen molar-refractivity contribution in [1.29, 1.82) is 0 Å². The maximum absolute atomic E-state index is 13.0. The van der Waals surface area contributed by atoms with Gasteiger partial charge >= 0.3 is 0 Å². The molecule has 26 heavy (non-hydrogen) atoms. The molecule has 1 fully saturated rings. The fourth-order valence-corrected chi connectivity index (χ4v) is 4.41. The first-order valence-electron chi connectivity index (χ1n) is 9.14. The normalized spacial score (nSPS) is 15.0. The number of hydrogen-bond acceptors (Lipinski definition) is 6. The molecule has 138 valence electrons. The van der Waals surface area contributed by atoms with E-state index in [0.717, 1.165) is 30.1 Å². The molecule has 6 nitrogen and oxygen atoms in total. The summed E-state index contributed by atoms with van der Waals surface area (Å²) >= 11 is 1.32. The van der Waals surface area contributed by atoms with E-state index in [1.807, 2.05) is 6.92 Å². The second kappa shape index (κ2) is 8.40. The highest BCUT2D eigenvalue weighted by Gasteiger charge is 2.26. The number of nitro groups is 1. The summed E-state index contributed by atoms with van der Waals surface area (Å²) in [6.07, 6.45) is 7.50. The predicted molar refractivity (Wildman–Crippen MR) is 103 cm³/mol. The Morgan fingerprint density at radius 2 is 2.04 bits per heavy atom. The first-order valence-corrected chi connectivity index (χ1v) is 9.96. The number of thiazole rings is 1. The summed E-state index contributed by atoms with van der Waals surface area (Å²) < 4.78 is 0. The maximum Gasteiger partial charge on any atom is 0.280 e. The highest BCUT2D eigenvalue weighted by atomic mass is 32.1. The highest BCUT2D eigenvalue weighted by molar-refractivity contribution is 7.17. The molecule has 0 bridgehead atoms. The third-order valence-electron chi connectivity index (χ3n) is 4.67. The molecule has 1 N–H and O–H groups in total. The van der Waals surface area contributed by atoms with Crippen LogP contribution in [0.4, 0.5) is 10.8 Å². The van der Waals surface area contributed by atoms with Crippen LogP contribution in [-0.4, -0.2) is 21.7 Å². The van der Waals surface area contributed by atoms with Gasteiger partial charge in [0.2, 0.25) is 5.78 Å². The lowest BCUT2D eigenvalue weighted by molar-refractivity contribution is -0.385. The van der Waals surface area contributed by atoms with Gasteiger partial charge in [0.25, 0.3) is 5.69 Å². The molecule has 1 aromatic carbocycles. The van der Waals surface area contributed by atoms with E-state index in [-0.39, 0.29) is 17.0 Å². The van der Waals surface area contributed by atoms with Crippen molar-refractivity contribution < 1.29 is 9.72 Å². The quantitative estimate of drug-likeness (QED) is 0.420.